The average Bonchev–Trinajstić information content (AvgIpc) is 2.65. The summed E-state index contributed by atoms with van der Waals surface area (Å²) >= 11 is 0. The Hall–Kier alpha value is -1.65. The molecule has 13 heavy (non-hydrogen) atoms. The number of H-pyrrole nitrogens is 1. The van der Waals surface area contributed by atoms with Gasteiger partial charge in [0.05, 0.1) is 0 Å². The Bertz CT molecular complexity index is 280. The maximum Gasteiger partial charge on any atom is 0.291 e. The van der Waals surface area contributed by atoms with Gasteiger partial charge in [0.25, 0.3) is 5.91 Å². The average molecular weight is 180 g/mol. The van der Waals surface area contributed by atoms with Gasteiger partial charge in [0.1, 0.15) is 6.33 Å². The smallest absolute Gasteiger partial charge is 0.291 e. The standard InChI is InChI=1S/C8H12N4O/c1-3-5-12(4-2)8(13)7-9-6-10-11-7/h3,6H,1,4-5H2,2H3,(H,9,10,11). The second kappa shape index (κ2) is 4.39. The Labute approximate surface area is 76.5 Å². The zero-order valence-electron chi connectivity index (χ0n) is 7.53. The highest BCUT2D eigenvalue weighted by Crippen LogP contribution is 1.96. The number of rotatable bonds is 4. The normalized spacial score (nSPS) is 9.62. The minimum Gasteiger partial charge on any atom is -0.333 e. The van der Waals surface area contributed by atoms with E-state index in [0.717, 1.165) is 0 Å². The van der Waals surface area contributed by atoms with E-state index in [1.54, 1.807) is 11.0 Å². The summed E-state index contributed by atoms with van der Waals surface area (Å²) in [6.07, 6.45) is 2.99. The van der Waals surface area contributed by atoms with E-state index in [0.29, 0.717) is 13.1 Å². The molecular formula is C8H12N4O. The Morgan fingerprint density at radius 2 is 2.62 bits per heavy atom. The molecule has 1 rings (SSSR count). The van der Waals surface area contributed by atoms with Crippen LogP contribution in [0, 0.1) is 0 Å². The summed E-state index contributed by atoms with van der Waals surface area (Å²) in [5, 5.41) is 6.13. The van der Waals surface area contributed by atoms with Crippen molar-refractivity contribution in [1.29, 1.82) is 0 Å². The van der Waals surface area contributed by atoms with Crippen LogP contribution in [-0.4, -0.2) is 39.1 Å². The van der Waals surface area contributed by atoms with Crippen LogP contribution in [0.5, 0.6) is 0 Å². The first-order valence-electron chi connectivity index (χ1n) is 4.05. The summed E-state index contributed by atoms with van der Waals surface area (Å²) in [6.45, 7) is 6.63. The number of nitrogens with zero attached hydrogens (tertiary/aromatic N) is 3. The van der Waals surface area contributed by atoms with Crippen LogP contribution in [0.3, 0.4) is 0 Å². The molecule has 0 aliphatic carbocycles. The summed E-state index contributed by atoms with van der Waals surface area (Å²) in [7, 11) is 0. The van der Waals surface area contributed by atoms with E-state index < -0.39 is 0 Å². The molecule has 1 aromatic rings. The summed E-state index contributed by atoms with van der Waals surface area (Å²) < 4.78 is 0. The van der Waals surface area contributed by atoms with E-state index >= 15 is 0 Å². The molecule has 1 amide bonds. The molecule has 1 aromatic heterocycles. The van der Waals surface area contributed by atoms with Crippen LogP contribution >= 0.6 is 0 Å². The molecule has 0 spiro atoms. The molecule has 0 unspecified atom stereocenters. The fourth-order valence-corrected chi connectivity index (χ4v) is 0.970. The predicted molar refractivity (Wildman–Crippen MR) is 48.2 cm³/mol. The molecule has 0 radical (unpaired) electrons. The maximum atomic E-state index is 11.6. The molecule has 5 heteroatoms. The highest BCUT2D eigenvalue weighted by molar-refractivity contribution is 5.90. The van der Waals surface area contributed by atoms with Gasteiger partial charge in [0, 0.05) is 13.1 Å². The summed E-state index contributed by atoms with van der Waals surface area (Å²) in [4.78, 5) is 17.0. The number of amides is 1. The molecule has 1 heterocycles. The molecule has 0 saturated carbocycles. The number of nitrogens with one attached hydrogen (secondary N) is 1. The van der Waals surface area contributed by atoms with Crippen molar-refractivity contribution in [3.8, 4) is 0 Å². The first-order valence-corrected chi connectivity index (χ1v) is 4.05. The van der Waals surface area contributed by atoms with Gasteiger partial charge in [0.15, 0.2) is 0 Å². The number of hydrogen-bond donors (Lipinski definition) is 1. The van der Waals surface area contributed by atoms with Gasteiger partial charge in [0.2, 0.25) is 5.82 Å². The number of likely N-dealkylation sites (N-methyl/N-ethyl adjacent to an activating group) is 1. The number of carbonyl (C=O) groups is 1. The van der Waals surface area contributed by atoms with Gasteiger partial charge in [-0.05, 0) is 6.92 Å². The fraction of sp³-hybridized carbons (Fsp3) is 0.375. The first-order chi connectivity index (χ1) is 6.29. The Morgan fingerprint density at radius 3 is 3.08 bits per heavy atom. The molecule has 70 valence electrons. The van der Waals surface area contributed by atoms with Gasteiger partial charge in [-0.15, -0.1) is 6.58 Å². The van der Waals surface area contributed by atoms with Crippen LogP contribution in [0.25, 0.3) is 0 Å². The van der Waals surface area contributed by atoms with Crippen LogP contribution < -0.4 is 0 Å². The van der Waals surface area contributed by atoms with Crippen LogP contribution in [0.2, 0.25) is 0 Å². The predicted octanol–water partition coefficient (Wildman–Crippen LogP) is 0.453. The quantitative estimate of drug-likeness (QED) is 0.684. The van der Waals surface area contributed by atoms with Gasteiger partial charge in [-0.25, -0.2) is 4.98 Å². The van der Waals surface area contributed by atoms with Crippen molar-refractivity contribution in [1.82, 2.24) is 20.1 Å². The third-order valence-corrected chi connectivity index (χ3v) is 1.64. The second-order valence-electron chi connectivity index (χ2n) is 2.47. The lowest BCUT2D eigenvalue weighted by molar-refractivity contribution is 0.0770. The zero-order chi connectivity index (χ0) is 9.68. The molecule has 0 aliphatic heterocycles. The van der Waals surface area contributed by atoms with Crippen molar-refractivity contribution in [3.05, 3.63) is 24.8 Å². The first kappa shape index (κ1) is 9.44. The molecule has 0 aliphatic rings. The van der Waals surface area contributed by atoms with Crippen LogP contribution in [0.1, 0.15) is 17.5 Å². The molecule has 0 fully saturated rings. The van der Waals surface area contributed by atoms with Gasteiger partial charge < -0.3 is 4.90 Å². The highest BCUT2D eigenvalue weighted by Gasteiger charge is 2.14. The van der Waals surface area contributed by atoms with Gasteiger partial charge in [-0.1, -0.05) is 6.08 Å². The van der Waals surface area contributed by atoms with Crippen molar-refractivity contribution in [2.45, 2.75) is 6.92 Å². The summed E-state index contributed by atoms with van der Waals surface area (Å²) in [6, 6.07) is 0. The van der Waals surface area contributed by atoms with Crippen molar-refractivity contribution in [2.75, 3.05) is 13.1 Å². The molecule has 0 aromatic carbocycles. The van der Waals surface area contributed by atoms with E-state index in [9.17, 15) is 4.79 Å². The lowest BCUT2D eigenvalue weighted by atomic mass is 10.4. The van der Waals surface area contributed by atoms with E-state index in [-0.39, 0.29) is 11.7 Å². The lowest BCUT2D eigenvalue weighted by Crippen LogP contribution is -2.31. The van der Waals surface area contributed by atoms with Crippen molar-refractivity contribution < 1.29 is 4.79 Å². The molecule has 0 bridgehead atoms. The second-order valence-corrected chi connectivity index (χ2v) is 2.47. The summed E-state index contributed by atoms with van der Waals surface area (Å²) in [5.74, 6) is 0.114. The molecule has 0 atom stereocenters. The number of carbonyl (C=O) groups excluding carboxylic acids is 1. The van der Waals surface area contributed by atoms with E-state index in [1.165, 1.54) is 6.33 Å². The van der Waals surface area contributed by atoms with E-state index in [2.05, 4.69) is 21.8 Å². The van der Waals surface area contributed by atoms with Gasteiger partial charge in [-0.3, -0.25) is 9.89 Å². The Balaban J connectivity index is 2.70. The molecule has 1 N–H and O–H groups in total. The van der Waals surface area contributed by atoms with Gasteiger partial charge >= 0.3 is 0 Å². The summed E-state index contributed by atoms with van der Waals surface area (Å²) in [5.41, 5.74) is 0. The zero-order valence-corrected chi connectivity index (χ0v) is 7.53. The van der Waals surface area contributed by atoms with Crippen LogP contribution in [-0.2, 0) is 0 Å². The Morgan fingerprint density at radius 1 is 1.85 bits per heavy atom. The van der Waals surface area contributed by atoms with E-state index in [4.69, 9.17) is 0 Å². The third kappa shape index (κ3) is 2.14. The molecular weight excluding hydrogens is 168 g/mol. The Kier molecular flexibility index (Phi) is 3.19. The van der Waals surface area contributed by atoms with Crippen molar-refractivity contribution in [3.63, 3.8) is 0 Å². The SMILES string of the molecule is C=CCN(CC)C(=O)c1ncn[nH]1. The van der Waals surface area contributed by atoms with Crippen molar-refractivity contribution >= 4 is 5.91 Å². The fourth-order valence-electron chi connectivity index (χ4n) is 0.970. The van der Waals surface area contributed by atoms with Crippen LogP contribution in [0.15, 0.2) is 19.0 Å². The van der Waals surface area contributed by atoms with Crippen molar-refractivity contribution in [2.24, 2.45) is 0 Å². The number of hydrogen-bond acceptors (Lipinski definition) is 3. The highest BCUT2D eigenvalue weighted by atomic mass is 16.2. The topological polar surface area (TPSA) is 61.9 Å². The minimum atomic E-state index is -0.153. The number of aromatic nitrogens is 3. The minimum absolute atomic E-state index is 0.153. The van der Waals surface area contributed by atoms with E-state index in [1.807, 2.05) is 6.92 Å². The van der Waals surface area contributed by atoms with Gasteiger partial charge in [-0.2, -0.15) is 5.10 Å². The number of aromatic amines is 1. The van der Waals surface area contributed by atoms with Crippen LogP contribution in [0.4, 0.5) is 0 Å². The largest absolute Gasteiger partial charge is 0.333 e. The monoisotopic (exact) mass is 180 g/mol. The molecule has 5 nitrogen and oxygen atoms in total. The third-order valence-electron chi connectivity index (χ3n) is 1.64. The molecule has 0 saturated heterocycles. The maximum absolute atomic E-state index is 11.6. The lowest BCUT2D eigenvalue weighted by Gasteiger charge is -2.16.